The Bertz CT molecular complexity index is 559. The number of alkyl halides is 10. The Morgan fingerprint density at radius 1 is 0.839 bits per heavy atom. The van der Waals surface area contributed by atoms with Crippen LogP contribution in [0.1, 0.15) is 38.5 Å². The highest BCUT2D eigenvalue weighted by molar-refractivity contribution is 5.69. The summed E-state index contributed by atoms with van der Waals surface area (Å²) >= 11 is 0. The van der Waals surface area contributed by atoms with Crippen molar-refractivity contribution in [1.82, 2.24) is 4.90 Å². The van der Waals surface area contributed by atoms with E-state index in [0.717, 1.165) is 0 Å². The number of hydrogen-bond donors (Lipinski definition) is 0. The molecule has 1 rings (SSSR count). The summed E-state index contributed by atoms with van der Waals surface area (Å²) in [7, 11) is 0. The van der Waals surface area contributed by atoms with E-state index in [-0.39, 0.29) is 19.8 Å². The molecular weight excluding hydrogens is 456 g/mol. The third kappa shape index (κ3) is 13.7. The number of morpholine rings is 1. The highest BCUT2D eigenvalue weighted by Gasteiger charge is 2.45. The van der Waals surface area contributed by atoms with Crippen LogP contribution in [0.2, 0.25) is 0 Å². The monoisotopic (exact) mass is 479 g/mol. The van der Waals surface area contributed by atoms with Crippen LogP contribution in [-0.4, -0.2) is 74.0 Å². The van der Waals surface area contributed by atoms with E-state index in [1.807, 2.05) is 0 Å². The van der Waals surface area contributed by atoms with Crippen molar-refractivity contribution in [2.24, 2.45) is 0 Å². The van der Waals surface area contributed by atoms with Gasteiger partial charge >= 0.3 is 18.3 Å². The number of ether oxygens (including phenoxy) is 2. The summed E-state index contributed by atoms with van der Waals surface area (Å²) in [6.45, 7) is 1.02. The second-order valence-electron chi connectivity index (χ2n) is 7.36. The minimum atomic E-state index is -5.16. The summed E-state index contributed by atoms with van der Waals surface area (Å²) in [5.41, 5.74) is 0. The van der Waals surface area contributed by atoms with Crippen LogP contribution in [0.5, 0.6) is 0 Å². The maximum atomic E-state index is 13.6. The molecular formula is C17H23F10NO3. The molecule has 184 valence electrons. The smallest absolute Gasteiger partial charge is 0.394 e. The van der Waals surface area contributed by atoms with Crippen LogP contribution in [-0.2, 0) is 14.3 Å². The summed E-state index contributed by atoms with van der Waals surface area (Å²) in [6.07, 6.45) is -21.0. The molecule has 31 heavy (non-hydrogen) atoms. The molecule has 1 heterocycles. The first kappa shape index (κ1) is 27.7. The number of hydrogen-bond acceptors (Lipinski definition) is 4. The van der Waals surface area contributed by atoms with Gasteiger partial charge in [-0.05, 0) is 6.42 Å². The van der Waals surface area contributed by atoms with Gasteiger partial charge in [0.1, 0.15) is 18.9 Å². The molecule has 0 bridgehead atoms. The number of esters is 1. The van der Waals surface area contributed by atoms with Gasteiger partial charge < -0.3 is 9.47 Å². The van der Waals surface area contributed by atoms with E-state index >= 15 is 0 Å². The van der Waals surface area contributed by atoms with E-state index in [9.17, 15) is 48.7 Å². The first-order valence-electron chi connectivity index (χ1n) is 9.35. The lowest BCUT2D eigenvalue weighted by molar-refractivity contribution is -0.192. The fourth-order valence-corrected chi connectivity index (χ4v) is 2.92. The van der Waals surface area contributed by atoms with Crippen molar-refractivity contribution in [3.05, 3.63) is 0 Å². The SMILES string of the molecule is O=C(CCC(F)(F)CC(F)(F)F)OC(CCC(F)(F)CC(F)(F)F)CN1CCOCC1. The van der Waals surface area contributed by atoms with E-state index < -0.39 is 74.8 Å². The molecule has 1 atom stereocenters. The standard InChI is InChI=1S/C17H23F10NO3/c18-14(19,10-16(22,23)24)3-1-12(9-28-5-7-30-8-6-28)31-13(29)2-4-15(20,21)11-17(25,26)27/h12H,1-11H2. The van der Waals surface area contributed by atoms with Crippen LogP contribution in [0.4, 0.5) is 43.9 Å². The van der Waals surface area contributed by atoms with E-state index in [1.54, 1.807) is 4.90 Å². The summed E-state index contributed by atoms with van der Waals surface area (Å²) in [4.78, 5) is 13.4. The summed E-state index contributed by atoms with van der Waals surface area (Å²) < 4.78 is 137. The zero-order valence-corrected chi connectivity index (χ0v) is 16.3. The normalized spacial score (nSPS) is 18.1. The molecule has 0 amide bonds. The topological polar surface area (TPSA) is 38.8 Å². The van der Waals surface area contributed by atoms with Gasteiger partial charge in [-0.1, -0.05) is 0 Å². The number of rotatable bonds is 11. The maximum Gasteiger partial charge on any atom is 0.394 e. The Labute approximate surface area is 171 Å². The van der Waals surface area contributed by atoms with E-state index in [0.29, 0.717) is 13.1 Å². The van der Waals surface area contributed by atoms with Crippen LogP contribution in [0.15, 0.2) is 0 Å². The molecule has 0 aromatic heterocycles. The highest BCUT2D eigenvalue weighted by Crippen LogP contribution is 2.36. The van der Waals surface area contributed by atoms with Gasteiger partial charge in [0.15, 0.2) is 0 Å². The highest BCUT2D eigenvalue weighted by atomic mass is 19.4. The molecule has 0 radical (unpaired) electrons. The lowest BCUT2D eigenvalue weighted by Gasteiger charge is -2.31. The fraction of sp³-hybridized carbons (Fsp3) is 0.941. The zero-order chi connectivity index (χ0) is 23.9. The largest absolute Gasteiger partial charge is 0.461 e. The molecule has 1 aliphatic rings. The molecule has 1 aliphatic heterocycles. The Balaban J connectivity index is 2.67. The van der Waals surface area contributed by atoms with Gasteiger partial charge in [-0.2, -0.15) is 26.3 Å². The molecule has 0 spiro atoms. The molecule has 4 nitrogen and oxygen atoms in total. The molecule has 1 fully saturated rings. The number of halogens is 10. The average molecular weight is 479 g/mol. The van der Waals surface area contributed by atoms with E-state index in [4.69, 9.17) is 9.47 Å². The fourth-order valence-electron chi connectivity index (χ4n) is 2.92. The van der Waals surface area contributed by atoms with Crippen LogP contribution < -0.4 is 0 Å². The Morgan fingerprint density at radius 3 is 1.81 bits per heavy atom. The van der Waals surface area contributed by atoms with Gasteiger partial charge in [0.25, 0.3) is 11.8 Å². The van der Waals surface area contributed by atoms with Gasteiger partial charge in [0, 0.05) is 32.5 Å². The Morgan fingerprint density at radius 2 is 1.32 bits per heavy atom. The molecule has 0 aliphatic carbocycles. The second-order valence-corrected chi connectivity index (χ2v) is 7.36. The molecule has 1 saturated heterocycles. The number of carbonyl (C=O) groups is 1. The van der Waals surface area contributed by atoms with Crippen LogP contribution >= 0.6 is 0 Å². The van der Waals surface area contributed by atoms with Crippen molar-refractivity contribution in [3.8, 4) is 0 Å². The molecule has 0 saturated carbocycles. The van der Waals surface area contributed by atoms with Crippen molar-refractivity contribution < 1.29 is 58.2 Å². The minimum Gasteiger partial charge on any atom is -0.461 e. The van der Waals surface area contributed by atoms with Crippen molar-refractivity contribution in [2.45, 2.75) is 68.8 Å². The van der Waals surface area contributed by atoms with Crippen LogP contribution in [0.25, 0.3) is 0 Å². The second kappa shape index (κ2) is 11.0. The van der Waals surface area contributed by atoms with E-state index in [2.05, 4.69) is 0 Å². The van der Waals surface area contributed by atoms with E-state index in [1.165, 1.54) is 0 Å². The molecule has 0 N–H and O–H groups in total. The quantitative estimate of drug-likeness (QED) is 0.310. The van der Waals surface area contributed by atoms with Gasteiger partial charge in [0.05, 0.1) is 19.6 Å². The van der Waals surface area contributed by atoms with Crippen LogP contribution in [0, 0.1) is 0 Å². The summed E-state index contributed by atoms with van der Waals surface area (Å²) in [5.74, 6) is -9.70. The maximum absolute atomic E-state index is 13.6. The third-order valence-electron chi connectivity index (χ3n) is 4.31. The Hall–Kier alpha value is -1.31. The van der Waals surface area contributed by atoms with Crippen molar-refractivity contribution in [3.63, 3.8) is 0 Å². The van der Waals surface area contributed by atoms with Gasteiger partial charge in [-0.25, -0.2) is 17.6 Å². The lowest BCUT2D eigenvalue weighted by Crippen LogP contribution is -2.42. The van der Waals surface area contributed by atoms with Gasteiger partial charge in [-0.3, -0.25) is 9.69 Å². The van der Waals surface area contributed by atoms with Crippen molar-refractivity contribution in [2.75, 3.05) is 32.8 Å². The number of carbonyl (C=O) groups excluding carboxylic acids is 1. The zero-order valence-electron chi connectivity index (χ0n) is 16.3. The third-order valence-corrected chi connectivity index (χ3v) is 4.31. The van der Waals surface area contributed by atoms with Crippen molar-refractivity contribution >= 4 is 5.97 Å². The number of nitrogens with zero attached hydrogens (tertiary/aromatic N) is 1. The predicted octanol–water partition coefficient (Wildman–Crippen LogP) is 4.97. The van der Waals surface area contributed by atoms with Crippen molar-refractivity contribution in [1.29, 1.82) is 0 Å². The van der Waals surface area contributed by atoms with Gasteiger partial charge in [0.2, 0.25) is 0 Å². The average Bonchev–Trinajstić information content (AvgIpc) is 2.55. The molecule has 0 aromatic rings. The first-order valence-corrected chi connectivity index (χ1v) is 9.35. The predicted molar refractivity (Wildman–Crippen MR) is 86.8 cm³/mol. The van der Waals surface area contributed by atoms with Gasteiger partial charge in [-0.15, -0.1) is 0 Å². The molecule has 1 unspecified atom stereocenters. The molecule has 0 aromatic carbocycles. The van der Waals surface area contributed by atoms with Crippen LogP contribution in [0.3, 0.4) is 0 Å². The minimum absolute atomic E-state index is 0.157. The molecule has 14 heteroatoms. The Kier molecular flexibility index (Phi) is 9.85. The lowest BCUT2D eigenvalue weighted by atomic mass is 10.1. The first-order chi connectivity index (χ1) is 14.0. The summed E-state index contributed by atoms with van der Waals surface area (Å²) in [6, 6.07) is 0. The summed E-state index contributed by atoms with van der Waals surface area (Å²) in [5, 5.41) is 0.